The summed E-state index contributed by atoms with van der Waals surface area (Å²) >= 11 is 0. The van der Waals surface area contributed by atoms with Crippen molar-refractivity contribution in [2.45, 2.75) is 34.1 Å². The Morgan fingerprint density at radius 1 is 1.33 bits per heavy atom. The minimum atomic E-state index is 0.0214. The Balaban J connectivity index is 2.62. The first-order chi connectivity index (χ1) is 8.56. The Morgan fingerprint density at radius 3 is 2.44 bits per heavy atom. The van der Waals surface area contributed by atoms with E-state index in [-0.39, 0.29) is 5.91 Å². The topological polar surface area (TPSA) is 45.2 Å². The number of nitrogens with zero attached hydrogens (tertiary/aromatic N) is 2. The van der Waals surface area contributed by atoms with Crippen LogP contribution in [0.3, 0.4) is 0 Å². The van der Waals surface area contributed by atoms with Crippen LogP contribution in [0.15, 0.2) is 18.3 Å². The summed E-state index contributed by atoms with van der Waals surface area (Å²) in [4.78, 5) is 18.1. The number of carbonyl (C=O) groups excluding carboxylic acids is 1. The maximum absolute atomic E-state index is 11.6. The molecular weight excluding hydrogens is 226 g/mol. The smallest absolute Gasteiger partial charge is 0.225 e. The second-order valence-corrected chi connectivity index (χ2v) is 4.72. The zero-order valence-corrected chi connectivity index (χ0v) is 11.7. The molecule has 18 heavy (non-hydrogen) atoms. The lowest BCUT2D eigenvalue weighted by Crippen LogP contribution is -2.22. The van der Waals surface area contributed by atoms with E-state index in [4.69, 9.17) is 0 Å². The number of rotatable bonds is 6. The van der Waals surface area contributed by atoms with E-state index in [1.54, 1.807) is 6.20 Å². The first-order valence-corrected chi connectivity index (χ1v) is 6.57. The summed E-state index contributed by atoms with van der Waals surface area (Å²) in [6.07, 6.45) is 2.33. The number of pyridine rings is 1. The van der Waals surface area contributed by atoms with Gasteiger partial charge in [0.1, 0.15) is 5.82 Å². The molecule has 1 N–H and O–H groups in total. The largest absolute Gasteiger partial charge is 0.371 e. The molecule has 0 aromatic carbocycles. The molecular formula is C14H23N3O. The molecule has 0 aliphatic heterocycles. The standard InChI is InChI=1S/C14H23N3O/c1-5-17(6-2)12-7-8-13(15-10-12)16-14(18)9-11(3)4/h7-8,10-11H,5-6,9H2,1-4H3,(H,15,16,18). The fraction of sp³-hybridized carbons (Fsp3) is 0.571. The highest BCUT2D eigenvalue weighted by molar-refractivity contribution is 5.89. The van der Waals surface area contributed by atoms with E-state index >= 15 is 0 Å². The van der Waals surface area contributed by atoms with Crippen molar-refractivity contribution in [3.63, 3.8) is 0 Å². The Bertz CT molecular complexity index is 369. The normalized spacial score (nSPS) is 10.5. The van der Waals surface area contributed by atoms with Crippen molar-refractivity contribution in [1.29, 1.82) is 0 Å². The Kier molecular flexibility index (Phi) is 5.62. The molecule has 1 aromatic heterocycles. The molecule has 4 heteroatoms. The molecule has 0 saturated carbocycles. The second kappa shape index (κ2) is 6.99. The quantitative estimate of drug-likeness (QED) is 0.843. The predicted molar refractivity (Wildman–Crippen MR) is 75.9 cm³/mol. The maximum Gasteiger partial charge on any atom is 0.225 e. The summed E-state index contributed by atoms with van der Waals surface area (Å²) in [7, 11) is 0. The maximum atomic E-state index is 11.6. The first kappa shape index (κ1) is 14.5. The SMILES string of the molecule is CCN(CC)c1ccc(NC(=O)CC(C)C)nc1. The van der Waals surface area contributed by atoms with Gasteiger partial charge in [-0.15, -0.1) is 0 Å². The van der Waals surface area contributed by atoms with Crippen LogP contribution in [0.5, 0.6) is 0 Å². The van der Waals surface area contributed by atoms with Crippen molar-refractivity contribution in [3.05, 3.63) is 18.3 Å². The van der Waals surface area contributed by atoms with Gasteiger partial charge in [0.2, 0.25) is 5.91 Å². The number of hydrogen-bond donors (Lipinski definition) is 1. The zero-order valence-electron chi connectivity index (χ0n) is 11.7. The van der Waals surface area contributed by atoms with Crippen LogP contribution in [0.4, 0.5) is 11.5 Å². The molecule has 0 spiro atoms. The van der Waals surface area contributed by atoms with Gasteiger partial charge in [-0.25, -0.2) is 4.98 Å². The fourth-order valence-corrected chi connectivity index (χ4v) is 1.80. The second-order valence-electron chi connectivity index (χ2n) is 4.72. The molecule has 0 atom stereocenters. The number of hydrogen-bond acceptors (Lipinski definition) is 3. The van der Waals surface area contributed by atoms with Crippen molar-refractivity contribution < 1.29 is 4.79 Å². The number of aromatic nitrogens is 1. The number of amides is 1. The van der Waals surface area contributed by atoms with Crippen LogP contribution >= 0.6 is 0 Å². The summed E-state index contributed by atoms with van der Waals surface area (Å²) in [5.74, 6) is 1.00. The zero-order chi connectivity index (χ0) is 13.5. The fourth-order valence-electron chi connectivity index (χ4n) is 1.80. The molecule has 0 radical (unpaired) electrons. The van der Waals surface area contributed by atoms with Crippen molar-refractivity contribution >= 4 is 17.4 Å². The number of carbonyl (C=O) groups is 1. The van der Waals surface area contributed by atoms with E-state index in [1.165, 1.54) is 0 Å². The minimum absolute atomic E-state index is 0.0214. The molecule has 0 bridgehead atoms. The summed E-state index contributed by atoms with van der Waals surface area (Å²) in [5, 5.41) is 2.81. The van der Waals surface area contributed by atoms with E-state index in [0.29, 0.717) is 18.2 Å². The Labute approximate surface area is 109 Å². The highest BCUT2D eigenvalue weighted by Gasteiger charge is 2.07. The lowest BCUT2D eigenvalue weighted by atomic mass is 10.1. The molecule has 1 aromatic rings. The molecule has 0 unspecified atom stereocenters. The van der Waals surface area contributed by atoms with Gasteiger partial charge >= 0.3 is 0 Å². The van der Waals surface area contributed by atoms with Gasteiger partial charge in [0.15, 0.2) is 0 Å². The molecule has 0 saturated heterocycles. The molecule has 100 valence electrons. The molecule has 0 aliphatic carbocycles. The number of nitrogens with one attached hydrogen (secondary N) is 1. The van der Waals surface area contributed by atoms with Gasteiger partial charge in [0.05, 0.1) is 11.9 Å². The van der Waals surface area contributed by atoms with Crippen molar-refractivity contribution in [3.8, 4) is 0 Å². The molecule has 0 aliphatic rings. The molecule has 1 amide bonds. The Hall–Kier alpha value is -1.58. The van der Waals surface area contributed by atoms with Crippen LogP contribution in [0.25, 0.3) is 0 Å². The van der Waals surface area contributed by atoms with Crippen LogP contribution in [0.1, 0.15) is 34.1 Å². The van der Waals surface area contributed by atoms with E-state index in [2.05, 4.69) is 29.0 Å². The summed E-state index contributed by atoms with van der Waals surface area (Å²) < 4.78 is 0. The van der Waals surface area contributed by atoms with Gasteiger partial charge < -0.3 is 10.2 Å². The summed E-state index contributed by atoms with van der Waals surface area (Å²) in [6.45, 7) is 10.2. The van der Waals surface area contributed by atoms with Crippen molar-refractivity contribution in [2.75, 3.05) is 23.3 Å². The van der Waals surface area contributed by atoms with Gasteiger partial charge in [0, 0.05) is 19.5 Å². The van der Waals surface area contributed by atoms with Gasteiger partial charge in [-0.3, -0.25) is 4.79 Å². The predicted octanol–water partition coefficient (Wildman–Crippen LogP) is 2.91. The number of anilines is 2. The highest BCUT2D eigenvalue weighted by Crippen LogP contribution is 2.15. The van der Waals surface area contributed by atoms with Crippen LogP contribution < -0.4 is 10.2 Å². The van der Waals surface area contributed by atoms with Crippen LogP contribution in [0.2, 0.25) is 0 Å². The van der Waals surface area contributed by atoms with E-state index in [0.717, 1.165) is 18.8 Å². The molecule has 1 heterocycles. The van der Waals surface area contributed by atoms with Gasteiger partial charge in [-0.1, -0.05) is 13.8 Å². The van der Waals surface area contributed by atoms with E-state index in [1.807, 2.05) is 26.0 Å². The van der Waals surface area contributed by atoms with Gasteiger partial charge in [-0.2, -0.15) is 0 Å². The third-order valence-electron chi connectivity index (χ3n) is 2.74. The summed E-state index contributed by atoms with van der Waals surface area (Å²) in [5.41, 5.74) is 1.09. The van der Waals surface area contributed by atoms with Crippen LogP contribution in [-0.2, 0) is 4.79 Å². The third kappa shape index (κ3) is 4.35. The van der Waals surface area contributed by atoms with Gasteiger partial charge in [-0.05, 0) is 31.9 Å². The highest BCUT2D eigenvalue weighted by atomic mass is 16.1. The molecule has 4 nitrogen and oxygen atoms in total. The lowest BCUT2D eigenvalue weighted by Gasteiger charge is -2.20. The minimum Gasteiger partial charge on any atom is -0.371 e. The summed E-state index contributed by atoms with van der Waals surface area (Å²) in [6, 6.07) is 3.84. The van der Waals surface area contributed by atoms with E-state index < -0.39 is 0 Å². The average Bonchev–Trinajstić information content (AvgIpc) is 2.31. The average molecular weight is 249 g/mol. The monoisotopic (exact) mass is 249 g/mol. The first-order valence-electron chi connectivity index (χ1n) is 6.57. The molecule has 1 rings (SSSR count). The van der Waals surface area contributed by atoms with E-state index in [9.17, 15) is 4.79 Å². The van der Waals surface area contributed by atoms with Crippen molar-refractivity contribution in [2.24, 2.45) is 5.92 Å². The van der Waals surface area contributed by atoms with Crippen LogP contribution in [0, 0.1) is 5.92 Å². The third-order valence-corrected chi connectivity index (χ3v) is 2.74. The molecule has 0 fully saturated rings. The van der Waals surface area contributed by atoms with Gasteiger partial charge in [0.25, 0.3) is 0 Å². The van der Waals surface area contributed by atoms with Crippen LogP contribution in [-0.4, -0.2) is 24.0 Å². The Morgan fingerprint density at radius 2 is 2.00 bits per heavy atom. The lowest BCUT2D eigenvalue weighted by molar-refractivity contribution is -0.116. The van der Waals surface area contributed by atoms with Crippen molar-refractivity contribution in [1.82, 2.24) is 4.98 Å².